The van der Waals surface area contributed by atoms with Crippen molar-refractivity contribution in [2.45, 2.75) is 65.7 Å². The van der Waals surface area contributed by atoms with Crippen LogP contribution < -0.4 is 5.73 Å². The van der Waals surface area contributed by atoms with Crippen LogP contribution in [0.15, 0.2) is 24.3 Å². The van der Waals surface area contributed by atoms with Gasteiger partial charge in [0.05, 0.1) is 0 Å². The van der Waals surface area contributed by atoms with Gasteiger partial charge in [-0.25, -0.2) is 0 Å². The third kappa shape index (κ3) is 4.99. The van der Waals surface area contributed by atoms with Gasteiger partial charge in [-0.15, -0.1) is 0 Å². The van der Waals surface area contributed by atoms with Crippen molar-refractivity contribution in [2.24, 2.45) is 11.1 Å². The first kappa shape index (κ1) is 16.2. The first-order chi connectivity index (χ1) is 8.80. The number of hydrogen-bond acceptors (Lipinski definition) is 1. The molecule has 1 rings (SSSR count). The molecule has 0 bridgehead atoms. The van der Waals surface area contributed by atoms with Gasteiger partial charge in [-0.2, -0.15) is 0 Å². The maximum atomic E-state index is 5.67. The molecule has 0 atom stereocenters. The summed E-state index contributed by atoms with van der Waals surface area (Å²) in [5, 5.41) is 0. The summed E-state index contributed by atoms with van der Waals surface area (Å²) in [6.07, 6.45) is 4.64. The summed E-state index contributed by atoms with van der Waals surface area (Å²) in [7, 11) is 0. The Balaban J connectivity index is 2.63. The zero-order valence-electron chi connectivity index (χ0n) is 13.4. The Kier molecular flexibility index (Phi) is 5.61. The van der Waals surface area contributed by atoms with E-state index in [2.05, 4.69) is 58.9 Å². The molecule has 0 aliphatic heterocycles. The van der Waals surface area contributed by atoms with Crippen LogP contribution in [0.2, 0.25) is 0 Å². The third-order valence-electron chi connectivity index (χ3n) is 4.53. The SMILES string of the molecule is CCC(C)(C)c1ccc(CCC(C)(C)CCN)cc1. The van der Waals surface area contributed by atoms with Crippen molar-refractivity contribution in [3.63, 3.8) is 0 Å². The Morgan fingerprint density at radius 1 is 0.947 bits per heavy atom. The molecule has 19 heavy (non-hydrogen) atoms. The molecule has 108 valence electrons. The second-order valence-corrected chi connectivity index (χ2v) is 7.14. The molecule has 0 saturated carbocycles. The molecule has 0 amide bonds. The molecule has 1 aromatic rings. The van der Waals surface area contributed by atoms with Gasteiger partial charge in [0, 0.05) is 0 Å². The molecule has 0 aromatic heterocycles. The highest BCUT2D eigenvalue weighted by Gasteiger charge is 2.18. The normalized spacial score (nSPS) is 12.7. The molecular weight excluding hydrogens is 230 g/mol. The largest absolute Gasteiger partial charge is 0.330 e. The fourth-order valence-electron chi connectivity index (χ4n) is 2.33. The molecule has 0 unspecified atom stereocenters. The van der Waals surface area contributed by atoms with Crippen molar-refractivity contribution in [1.29, 1.82) is 0 Å². The van der Waals surface area contributed by atoms with E-state index in [-0.39, 0.29) is 5.41 Å². The van der Waals surface area contributed by atoms with Crippen LogP contribution in [-0.4, -0.2) is 6.54 Å². The Bertz CT molecular complexity index is 373. The maximum absolute atomic E-state index is 5.67. The predicted octanol–water partition coefficient (Wildman–Crippen LogP) is 4.68. The van der Waals surface area contributed by atoms with E-state index in [1.165, 1.54) is 24.0 Å². The fourth-order valence-corrected chi connectivity index (χ4v) is 2.33. The summed E-state index contributed by atoms with van der Waals surface area (Å²) >= 11 is 0. The topological polar surface area (TPSA) is 26.0 Å². The first-order valence-electron chi connectivity index (χ1n) is 7.60. The van der Waals surface area contributed by atoms with E-state index in [4.69, 9.17) is 5.73 Å². The van der Waals surface area contributed by atoms with E-state index in [0.717, 1.165) is 19.4 Å². The Hall–Kier alpha value is -0.820. The van der Waals surface area contributed by atoms with Gasteiger partial charge in [0.15, 0.2) is 0 Å². The van der Waals surface area contributed by atoms with Gasteiger partial charge in [-0.1, -0.05) is 58.9 Å². The minimum Gasteiger partial charge on any atom is -0.330 e. The van der Waals surface area contributed by atoms with E-state index in [1.807, 2.05) is 0 Å². The number of nitrogens with two attached hydrogens (primary N) is 1. The molecule has 0 saturated heterocycles. The molecule has 0 aliphatic rings. The lowest BCUT2D eigenvalue weighted by atomic mass is 9.80. The number of aryl methyl sites for hydroxylation is 1. The van der Waals surface area contributed by atoms with Crippen LogP contribution >= 0.6 is 0 Å². The Morgan fingerprint density at radius 2 is 1.53 bits per heavy atom. The van der Waals surface area contributed by atoms with Crippen LogP contribution in [0.3, 0.4) is 0 Å². The molecule has 1 heteroatoms. The van der Waals surface area contributed by atoms with Crippen molar-refractivity contribution in [3.05, 3.63) is 35.4 Å². The first-order valence-corrected chi connectivity index (χ1v) is 7.60. The quantitative estimate of drug-likeness (QED) is 0.757. The number of rotatable bonds is 7. The van der Waals surface area contributed by atoms with Crippen molar-refractivity contribution >= 4 is 0 Å². The van der Waals surface area contributed by atoms with Crippen molar-refractivity contribution < 1.29 is 0 Å². The van der Waals surface area contributed by atoms with E-state index in [1.54, 1.807) is 0 Å². The molecule has 2 N–H and O–H groups in total. The average molecular weight is 261 g/mol. The van der Waals surface area contributed by atoms with Gasteiger partial charge in [-0.3, -0.25) is 0 Å². The van der Waals surface area contributed by atoms with Gasteiger partial charge in [0.2, 0.25) is 0 Å². The maximum Gasteiger partial charge on any atom is -0.00722 e. The van der Waals surface area contributed by atoms with Gasteiger partial charge < -0.3 is 5.73 Å². The lowest BCUT2D eigenvalue weighted by molar-refractivity contribution is 0.313. The van der Waals surface area contributed by atoms with E-state index in [9.17, 15) is 0 Å². The minimum atomic E-state index is 0.289. The minimum absolute atomic E-state index is 0.289. The van der Waals surface area contributed by atoms with Gasteiger partial charge in [0.1, 0.15) is 0 Å². The highest BCUT2D eigenvalue weighted by Crippen LogP contribution is 2.29. The summed E-state index contributed by atoms with van der Waals surface area (Å²) in [5.41, 5.74) is 9.20. The fraction of sp³-hybridized carbons (Fsp3) is 0.667. The second-order valence-electron chi connectivity index (χ2n) is 7.14. The van der Waals surface area contributed by atoms with Crippen LogP contribution in [0, 0.1) is 5.41 Å². The van der Waals surface area contributed by atoms with E-state index >= 15 is 0 Å². The van der Waals surface area contributed by atoms with Crippen LogP contribution in [-0.2, 0) is 11.8 Å². The predicted molar refractivity (Wildman–Crippen MR) is 85.5 cm³/mol. The van der Waals surface area contributed by atoms with Crippen molar-refractivity contribution in [1.82, 2.24) is 0 Å². The molecule has 0 aliphatic carbocycles. The number of benzene rings is 1. The molecule has 0 fully saturated rings. The molecule has 1 aromatic carbocycles. The highest BCUT2D eigenvalue weighted by molar-refractivity contribution is 5.28. The monoisotopic (exact) mass is 261 g/mol. The zero-order chi connectivity index (χ0) is 14.5. The Morgan fingerprint density at radius 3 is 2.00 bits per heavy atom. The average Bonchev–Trinajstić information content (AvgIpc) is 2.37. The highest BCUT2D eigenvalue weighted by atomic mass is 14.5. The van der Waals surface area contributed by atoms with E-state index < -0.39 is 0 Å². The molecule has 0 spiro atoms. The van der Waals surface area contributed by atoms with Crippen LogP contribution in [0.1, 0.15) is 65.0 Å². The lowest BCUT2D eigenvalue weighted by Crippen LogP contribution is -2.18. The lowest BCUT2D eigenvalue weighted by Gasteiger charge is -2.25. The van der Waals surface area contributed by atoms with Gasteiger partial charge in [0.25, 0.3) is 0 Å². The van der Waals surface area contributed by atoms with Crippen LogP contribution in [0.4, 0.5) is 0 Å². The molecule has 0 heterocycles. The zero-order valence-corrected chi connectivity index (χ0v) is 13.4. The second kappa shape index (κ2) is 6.56. The Labute approximate surface area is 119 Å². The third-order valence-corrected chi connectivity index (χ3v) is 4.53. The van der Waals surface area contributed by atoms with Gasteiger partial charge >= 0.3 is 0 Å². The summed E-state index contributed by atoms with van der Waals surface area (Å²) < 4.78 is 0. The molecule has 1 nitrogen and oxygen atoms in total. The van der Waals surface area contributed by atoms with Crippen LogP contribution in [0.25, 0.3) is 0 Å². The van der Waals surface area contributed by atoms with Gasteiger partial charge in [-0.05, 0) is 54.2 Å². The van der Waals surface area contributed by atoms with E-state index in [0.29, 0.717) is 5.41 Å². The summed E-state index contributed by atoms with van der Waals surface area (Å²) in [4.78, 5) is 0. The molecule has 0 radical (unpaired) electrons. The summed E-state index contributed by atoms with van der Waals surface area (Å²) in [6.45, 7) is 12.3. The van der Waals surface area contributed by atoms with Crippen LogP contribution in [0.5, 0.6) is 0 Å². The number of hydrogen-bond donors (Lipinski definition) is 1. The summed E-state index contributed by atoms with van der Waals surface area (Å²) in [5.74, 6) is 0. The van der Waals surface area contributed by atoms with Crippen molar-refractivity contribution in [3.8, 4) is 0 Å². The summed E-state index contributed by atoms with van der Waals surface area (Å²) in [6, 6.07) is 9.19. The van der Waals surface area contributed by atoms with Crippen molar-refractivity contribution in [2.75, 3.05) is 6.54 Å². The smallest absolute Gasteiger partial charge is 0.00722 e. The molecular formula is C18H31N. The standard InChI is InChI=1S/C18H31N/c1-6-18(4,5)16-9-7-15(8-10-16)11-12-17(2,3)13-14-19/h7-10H,6,11-14,19H2,1-5H3.